The summed E-state index contributed by atoms with van der Waals surface area (Å²) in [7, 11) is 1.37. The van der Waals surface area contributed by atoms with Gasteiger partial charge in [0.1, 0.15) is 9.26 Å². The molecular weight excluding hydrogens is 283 g/mol. The molecule has 0 atom stereocenters. The lowest BCUT2D eigenvalue weighted by Crippen LogP contribution is -2.07. The zero-order chi connectivity index (χ0) is 10.0. The van der Waals surface area contributed by atoms with E-state index in [1.54, 1.807) is 4.68 Å². The molecular formula is C8H11IN2O2. The standard InChI is InChI=1S/C8H11IN2O2/c1-5(2)11-7(9)6(4-10-11)8(12)13-3/h4-5H,1-3H3. The molecule has 0 bridgehead atoms. The first-order valence-corrected chi connectivity index (χ1v) is 4.97. The maximum absolute atomic E-state index is 11.2. The minimum absolute atomic E-state index is 0.255. The number of carbonyl (C=O) groups is 1. The van der Waals surface area contributed by atoms with E-state index in [4.69, 9.17) is 0 Å². The van der Waals surface area contributed by atoms with E-state index in [0.717, 1.165) is 3.70 Å². The molecule has 13 heavy (non-hydrogen) atoms. The van der Waals surface area contributed by atoms with Gasteiger partial charge >= 0.3 is 5.97 Å². The van der Waals surface area contributed by atoms with Crippen LogP contribution in [0.4, 0.5) is 0 Å². The van der Waals surface area contributed by atoms with E-state index in [0.29, 0.717) is 5.56 Å². The van der Waals surface area contributed by atoms with Crippen molar-refractivity contribution in [1.29, 1.82) is 0 Å². The van der Waals surface area contributed by atoms with E-state index >= 15 is 0 Å². The number of halogens is 1. The lowest BCUT2D eigenvalue weighted by molar-refractivity contribution is 0.0599. The van der Waals surface area contributed by atoms with Crippen LogP contribution < -0.4 is 0 Å². The van der Waals surface area contributed by atoms with Gasteiger partial charge in [-0.2, -0.15) is 5.10 Å². The SMILES string of the molecule is COC(=O)c1cnn(C(C)C)c1I. The van der Waals surface area contributed by atoms with Gasteiger partial charge in [0, 0.05) is 6.04 Å². The Morgan fingerprint density at radius 3 is 2.69 bits per heavy atom. The van der Waals surface area contributed by atoms with Gasteiger partial charge in [-0.25, -0.2) is 4.79 Å². The maximum atomic E-state index is 11.2. The highest BCUT2D eigenvalue weighted by atomic mass is 127. The van der Waals surface area contributed by atoms with Gasteiger partial charge in [-0.05, 0) is 36.4 Å². The van der Waals surface area contributed by atoms with Crippen LogP contribution in [0, 0.1) is 3.70 Å². The second-order valence-corrected chi connectivity index (χ2v) is 3.90. The van der Waals surface area contributed by atoms with Crippen LogP contribution in [-0.2, 0) is 4.74 Å². The summed E-state index contributed by atoms with van der Waals surface area (Å²) in [4.78, 5) is 11.2. The average molecular weight is 294 g/mol. The maximum Gasteiger partial charge on any atom is 0.342 e. The lowest BCUT2D eigenvalue weighted by atomic mass is 10.3. The third-order valence-electron chi connectivity index (χ3n) is 1.63. The van der Waals surface area contributed by atoms with E-state index in [9.17, 15) is 4.79 Å². The lowest BCUT2D eigenvalue weighted by Gasteiger charge is -2.06. The smallest absolute Gasteiger partial charge is 0.342 e. The van der Waals surface area contributed by atoms with Crippen LogP contribution in [0.25, 0.3) is 0 Å². The summed E-state index contributed by atoms with van der Waals surface area (Å²) in [6.07, 6.45) is 1.54. The van der Waals surface area contributed by atoms with Crippen molar-refractivity contribution in [2.24, 2.45) is 0 Å². The minimum Gasteiger partial charge on any atom is -0.465 e. The summed E-state index contributed by atoms with van der Waals surface area (Å²) < 4.78 is 7.22. The van der Waals surface area contributed by atoms with Crippen LogP contribution in [0.2, 0.25) is 0 Å². The van der Waals surface area contributed by atoms with Crippen LogP contribution in [0.3, 0.4) is 0 Å². The molecule has 0 unspecified atom stereocenters. The molecule has 0 radical (unpaired) electrons. The second kappa shape index (κ2) is 4.08. The number of methoxy groups -OCH3 is 1. The summed E-state index contributed by atoms with van der Waals surface area (Å²) in [5, 5.41) is 4.09. The molecule has 0 aromatic carbocycles. The summed E-state index contributed by atoms with van der Waals surface area (Å²) >= 11 is 2.09. The van der Waals surface area contributed by atoms with E-state index in [-0.39, 0.29) is 12.0 Å². The first-order valence-electron chi connectivity index (χ1n) is 3.89. The number of aromatic nitrogens is 2. The van der Waals surface area contributed by atoms with Crippen LogP contribution in [0.15, 0.2) is 6.20 Å². The Morgan fingerprint density at radius 2 is 2.31 bits per heavy atom. The Bertz CT molecular complexity index is 320. The Labute approximate surface area is 90.4 Å². The van der Waals surface area contributed by atoms with Crippen molar-refractivity contribution >= 4 is 28.6 Å². The molecule has 5 heteroatoms. The number of esters is 1. The molecule has 0 aliphatic heterocycles. The molecule has 1 rings (SSSR count). The van der Waals surface area contributed by atoms with Crippen LogP contribution >= 0.6 is 22.6 Å². The van der Waals surface area contributed by atoms with Crippen molar-refractivity contribution < 1.29 is 9.53 Å². The van der Waals surface area contributed by atoms with E-state index in [1.807, 2.05) is 13.8 Å². The van der Waals surface area contributed by atoms with Crippen molar-refractivity contribution in [3.63, 3.8) is 0 Å². The quantitative estimate of drug-likeness (QED) is 0.617. The average Bonchev–Trinajstić information content (AvgIpc) is 2.46. The van der Waals surface area contributed by atoms with Crippen LogP contribution in [-0.4, -0.2) is 22.9 Å². The zero-order valence-electron chi connectivity index (χ0n) is 7.74. The summed E-state index contributed by atoms with van der Waals surface area (Å²) in [6, 6.07) is 0.255. The van der Waals surface area contributed by atoms with Crippen molar-refractivity contribution in [2.45, 2.75) is 19.9 Å². The Balaban J connectivity index is 3.06. The highest BCUT2D eigenvalue weighted by molar-refractivity contribution is 14.1. The highest BCUT2D eigenvalue weighted by Gasteiger charge is 2.16. The fraction of sp³-hybridized carbons (Fsp3) is 0.500. The van der Waals surface area contributed by atoms with Gasteiger partial charge in [-0.1, -0.05) is 0 Å². The normalized spacial score (nSPS) is 10.5. The Morgan fingerprint density at radius 1 is 1.69 bits per heavy atom. The third-order valence-corrected chi connectivity index (χ3v) is 2.70. The minimum atomic E-state index is -0.337. The first kappa shape index (κ1) is 10.5. The van der Waals surface area contributed by atoms with Crippen molar-refractivity contribution in [1.82, 2.24) is 9.78 Å². The summed E-state index contributed by atoms with van der Waals surface area (Å²) in [6.45, 7) is 4.02. The molecule has 0 N–H and O–H groups in total. The van der Waals surface area contributed by atoms with Gasteiger partial charge in [-0.15, -0.1) is 0 Å². The van der Waals surface area contributed by atoms with Crippen molar-refractivity contribution in [3.05, 3.63) is 15.5 Å². The fourth-order valence-electron chi connectivity index (χ4n) is 0.954. The van der Waals surface area contributed by atoms with Crippen molar-refractivity contribution in [2.75, 3.05) is 7.11 Å². The van der Waals surface area contributed by atoms with Crippen molar-refractivity contribution in [3.8, 4) is 0 Å². The molecule has 1 heterocycles. The van der Waals surface area contributed by atoms with E-state index < -0.39 is 0 Å². The second-order valence-electron chi connectivity index (χ2n) is 2.88. The zero-order valence-corrected chi connectivity index (χ0v) is 9.90. The molecule has 0 saturated carbocycles. The topological polar surface area (TPSA) is 44.1 Å². The molecule has 0 fully saturated rings. The molecule has 72 valence electrons. The van der Waals surface area contributed by atoms with Gasteiger partial charge in [0.15, 0.2) is 0 Å². The van der Waals surface area contributed by atoms with E-state index in [1.165, 1.54) is 13.3 Å². The fourth-order valence-corrected chi connectivity index (χ4v) is 2.00. The number of hydrogen-bond acceptors (Lipinski definition) is 3. The molecule has 0 amide bonds. The predicted octanol–water partition coefficient (Wildman–Crippen LogP) is 1.86. The highest BCUT2D eigenvalue weighted by Crippen LogP contribution is 2.16. The molecule has 0 spiro atoms. The number of rotatable bonds is 2. The van der Waals surface area contributed by atoms with Crippen LogP contribution in [0.1, 0.15) is 30.2 Å². The molecule has 1 aromatic heterocycles. The molecule has 4 nitrogen and oxygen atoms in total. The number of carbonyl (C=O) groups excluding carboxylic acids is 1. The number of ether oxygens (including phenoxy) is 1. The molecule has 0 aliphatic carbocycles. The first-order chi connectivity index (χ1) is 6.07. The predicted molar refractivity (Wildman–Crippen MR) is 56.7 cm³/mol. The number of nitrogens with zero attached hydrogens (tertiary/aromatic N) is 2. The summed E-state index contributed by atoms with van der Waals surface area (Å²) in [5.74, 6) is -0.337. The largest absolute Gasteiger partial charge is 0.465 e. The van der Waals surface area contributed by atoms with Gasteiger partial charge in [-0.3, -0.25) is 4.68 Å². The van der Waals surface area contributed by atoms with Gasteiger partial charge in [0.05, 0.1) is 13.3 Å². The van der Waals surface area contributed by atoms with Gasteiger partial charge < -0.3 is 4.74 Å². The molecule has 0 saturated heterocycles. The van der Waals surface area contributed by atoms with Gasteiger partial charge in [0.25, 0.3) is 0 Å². The summed E-state index contributed by atoms with van der Waals surface area (Å²) in [5.41, 5.74) is 0.525. The number of hydrogen-bond donors (Lipinski definition) is 0. The van der Waals surface area contributed by atoms with Crippen LogP contribution in [0.5, 0.6) is 0 Å². The Kier molecular flexibility index (Phi) is 3.29. The third kappa shape index (κ3) is 2.01. The molecule has 1 aromatic rings. The molecule has 0 aliphatic rings. The monoisotopic (exact) mass is 294 g/mol. The van der Waals surface area contributed by atoms with Gasteiger partial charge in [0.2, 0.25) is 0 Å². The Hall–Kier alpha value is -0.590. The van der Waals surface area contributed by atoms with E-state index in [2.05, 4.69) is 32.4 Å².